The van der Waals surface area contributed by atoms with Crippen LogP contribution in [0.25, 0.3) is 0 Å². The zero-order valence-corrected chi connectivity index (χ0v) is 13.0. The molecule has 9 heteroatoms. The Morgan fingerprint density at radius 2 is 1.95 bits per heavy atom. The van der Waals surface area contributed by atoms with E-state index in [0.717, 1.165) is 0 Å². The molecule has 0 atom stereocenters. The van der Waals surface area contributed by atoms with Crippen molar-refractivity contribution in [3.63, 3.8) is 0 Å². The van der Waals surface area contributed by atoms with Crippen molar-refractivity contribution in [2.45, 2.75) is 23.8 Å². The Labute approximate surface area is 117 Å². The lowest BCUT2D eigenvalue weighted by molar-refractivity contribution is 0.559. The first-order valence-electron chi connectivity index (χ1n) is 5.53. The molecule has 108 valence electrons. The minimum Gasteiger partial charge on any atom is -0.368 e. The summed E-state index contributed by atoms with van der Waals surface area (Å²) in [5, 5.41) is 3.55. The second-order valence-corrected chi connectivity index (χ2v) is 8.08. The topological polar surface area (TPSA) is 110 Å². The summed E-state index contributed by atoms with van der Waals surface area (Å²) in [4.78, 5) is 8.36. The molecule has 0 saturated carbocycles. The van der Waals surface area contributed by atoms with Crippen LogP contribution in [0.15, 0.2) is 11.2 Å². The van der Waals surface area contributed by atoms with E-state index in [1.54, 1.807) is 19.9 Å². The van der Waals surface area contributed by atoms with E-state index in [1.807, 2.05) is 6.26 Å². The molecule has 0 amide bonds. The van der Waals surface area contributed by atoms with E-state index in [-0.39, 0.29) is 6.54 Å². The molecule has 0 aliphatic carbocycles. The number of thioether (sulfide) groups is 1. The highest BCUT2D eigenvalue weighted by Crippen LogP contribution is 2.19. The highest BCUT2D eigenvalue weighted by molar-refractivity contribution is 7.98. The number of hydrazine groups is 1. The van der Waals surface area contributed by atoms with Crippen LogP contribution in [0.1, 0.15) is 13.8 Å². The van der Waals surface area contributed by atoms with Gasteiger partial charge in [-0.2, -0.15) is 0 Å². The Kier molecular flexibility index (Phi) is 4.99. The Hall–Kier alpha value is -1.06. The molecule has 0 fully saturated rings. The predicted molar refractivity (Wildman–Crippen MR) is 79.0 cm³/mol. The molecule has 0 aliphatic heterocycles. The lowest BCUT2D eigenvalue weighted by Gasteiger charge is -2.23. The van der Waals surface area contributed by atoms with E-state index in [9.17, 15) is 8.42 Å². The molecule has 0 bridgehead atoms. The fourth-order valence-electron chi connectivity index (χ4n) is 1.12. The van der Waals surface area contributed by atoms with Crippen molar-refractivity contribution in [1.82, 2.24) is 9.97 Å². The maximum absolute atomic E-state index is 11.6. The molecule has 0 aliphatic rings. The smallest absolute Gasteiger partial charge is 0.191 e. The van der Waals surface area contributed by atoms with E-state index in [2.05, 4.69) is 20.7 Å². The van der Waals surface area contributed by atoms with Crippen LogP contribution in [0.2, 0.25) is 0 Å². The summed E-state index contributed by atoms with van der Waals surface area (Å²) >= 11 is 1.38. The van der Waals surface area contributed by atoms with Crippen LogP contribution < -0.4 is 16.6 Å². The quantitative estimate of drug-likeness (QED) is 0.305. The largest absolute Gasteiger partial charge is 0.368 e. The zero-order chi connectivity index (χ0) is 14.7. The first kappa shape index (κ1) is 16.0. The Morgan fingerprint density at radius 3 is 2.42 bits per heavy atom. The molecule has 0 aromatic carbocycles. The van der Waals surface area contributed by atoms with Gasteiger partial charge in [-0.15, -0.1) is 0 Å². The number of aromatic nitrogens is 2. The van der Waals surface area contributed by atoms with Crippen LogP contribution in [0.5, 0.6) is 0 Å². The summed E-state index contributed by atoms with van der Waals surface area (Å²) in [6.45, 7) is 3.57. The van der Waals surface area contributed by atoms with E-state index in [1.165, 1.54) is 18.0 Å². The van der Waals surface area contributed by atoms with Gasteiger partial charge in [0.25, 0.3) is 0 Å². The molecule has 1 heterocycles. The van der Waals surface area contributed by atoms with Crippen molar-refractivity contribution < 1.29 is 8.42 Å². The van der Waals surface area contributed by atoms with Crippen molar-refractivity contribution in [1.29, 1.82) is 0 Å². The normalized spacial score (nSPS) is 12.3. The lowest BCUT2D eigenvalue weighted by atomic mass is 10.2. The van der Waals surface area contributed by atoms with Crippen LogP contribution >= 0.6 is 11.8 Å². The van der Waals surface area contributed by atoms with Gasteiger partial charge in [-0.3, -0.25) is 0 Å². The number of sulfone groups is 1. The Morgan fingerprint density at radius 1 is 1.37 bits per heavy atom. The lowest BCUT2D eigenvalue weighted by Crippen LogP contribution is -2.38. The second kappa shape index (κ2) is 5.93. The minimum atomic E-state index is -3.16. The van der Waals surface area contributed by atoms with Crippen LogP contribution in [0.3, 0.4) is 0 Å². The van der Waals surface area contributed by atoms with E-state index < -0.39 is 14.6 Å². The molecule has 1 rings (SSSR count). The minimum absolute atomic E-state index is 0.251. The third-order valence-electron chi connectivity index (χ3n) is 2.74. The van der Waals surface area contributed by atoms with Gasteiger partial charge in [0.1, 0.15) is 11.6 Å². The molecule has 19 heavy (non-hydrogen) atoms. The molecule has 0 radical (unpaired) electrons. The van der Waals surface area contributed by atoms with Crippen molar-refractivity contribution in [2.24, 2.45) is 5.84 Å². The summed E-state index contributed by atoms with van der Waals surface area (Å²) in [5.74, 6) is 6.32. The SMILES string of the molecule is CSc1nc(NN)cc(NCC(C)(C)S(C)(=O)=O)n1. The predicted octanol–water partition coefficient (Wildman–Crippen LogP) is 0.719. The van der Waals surface area contributed by atoms with E-state index >= 15 is 0 Å². The van der Waals surface area contributed by atoms with E-state index in [4.69, 9.17) is 5.84 Å². The summed E-state index contributed by atoms with van der Waals surface area (Å²) in [5.41, 5.74) is 2.45. The van der Waals surface area contributed by atoms with Crippen molar-refractivity contribution in [2.75, 3.05) is 29.8 Å². The molecule has 0 saturated heterocycles. The third-order valence-corrected chi connectivity index (χ3v) is 5.43. The van der Waals surface area contributed by atoms with Crippen LogP contribution in [0, 0.1) is 0 Å². The summed E-state index contributed by atoms with van der Waals surface area (Å²) in [6, 6.07) is 1.62. The number of nitrogens with one attached hydrogen (secondary N) is 2. The van der Waals surface area contributed by atoms with Crippen molar-refractivity contribution >= 4 is 33.2 Å². The van der Waals surface area contributed by atoms with Gasteiger partial charge in [0.2, 0.25) is 0 Å². The van der Waals surface area contributed by atoms with Crippen molar-refractivity contribution in [3.8, 4) is 0 Å². The second-order valence-electron chi connectivity index (χ2n) is 4.65. The maximum atomic E-state index is 11.6. The summed E-state index contributed by atoms with van der Waals surface area (Å²) in [7, 11) is -3.16. The fraction of sp³-hybridized carbons (Fsp3) is 0.600. The summed E-state index contributed by atoms with van der Waals surface area (Å²) in [6.07, 6.45) is 3.06. The van der Waals surface area contributed by atoms with E-state index in [0.29, 0.717) is 16.8 Å². The van der Waals surface area contributed by atoms with Gasteiger partial charge in [-0.1, -0.05) is 11.8 Å². The van der Waals surface area contributed by atoms with Crippen LogP contribution in [0.4, 0.5) is 11.6 Å². The Balaban J connectivity index is 2.89. The average Bonchev–Trinajstić information content (AvgIpc) is 2.34. The third kappa shape index (κ3) is 4.22. The number of anilines is 2. The molecule has 7 nitrogen and oxygen atoms in total. The number of hydrogen-bond donors (Lipinski definition) is 3. The number of rotatable bonds is 6. The van der Waals surface area contributed by atoms with Gasteiger partial charge < -0.3 is 10.7 Å². The number of nitrogen functional groups attached to an aromatic ring is 1. The zero-order valence-electron chi connectivity index (χ0n) is 11.4. The molecule has 0 spiro atoms. The molecular formula is C10H19N5O2S2. The first-order valence-corrected chi connectivity index (χ1v) is 8.64. The standard InChI is InChI=1S/C10H19N5O2S2/c1-10(2,19(4,16)17)6-12-7-5-8(15-11)14-9(13-7)18-3/h5H,6,11H2,1-4H3,(H2,12,13,14,15). The first-order chi connectivity index (χ1) is 8.69. The molecule has 4 N–H and O–H groups in total. The van der Waals surface area contributed by atoms with Gasteiger partial charge in [0.15, 0.2) is 15.0 Å². The Bertz CT molecular complexity index is 523. The number of nitrogens with two attached hydrogens (primary N) is 1. The maximum Gasteiger partial charge on any atom is 0.191 e. The average molecular weight is 305 g/mol. The van der Waals surface area contributed by atoms with Gasteiger partial charge in [0.05, 0.1) is 4.75 Å². The van der Waals surface area contributed by atoms with Crippen molar-refractivity contribution in [3.05, 3.63) is 6.07 Å². The van der Waals surface area contributed by atoms with Gasteiger partial charge in [-0.05, 0) is 20.1 Å². The van der Waals surface area contributed by atoms with Gasteiger partial charge in [-0.25, -0.2) is 24.2 Å². The molecular weight excluding hydrogens is 286 g/mol. The molecule has 1 aromatic rings. The molecule has 1 aromatic heterocycles. The monoisotopic (exact) mass is 305 g/mol. The highest BCUT2D eigenvalue weighted by atomic mass is 32.2. The van der Waals surface area contributed by atoms with Crippen LogP contribution in [-0.4, -0.2) is 42.2 Å². The fourth-order valence-corrected chi connectivity index (χ4v) is 1.83. The van der Waals surface area contributed by atoms with Crippen LogP contribution in [-0.2, 0) is 9.84 Å². The van der Waals surface area contributed by atoms with Gasteiger partial charge >= 0.3 is 0 Å². The number of hydrogen-bond acceptors (Lipinski definition) is 8. The molecule has 0 unspecified atom stereocenters. The summed E-state index contributed by atoms with van der Waals surface area (Å²) < 4.78 is 22.3. The highest BCUT2D eigenvalue weighted by Gasteiger charge is 2.30. The van der Waals surface area contributed by atoms with Gasteiger partial charge in [0, 0.05) is 18.9 Å². The number of nitrogens with zero attached hydrogens (tertiary/aromatic N) is 2.